The van der Waals surface area contributed by atoms with E-state index in [2.05, 4.69) is 20.9 Å². The van der Waals surface area contributed by atoms with E-state index in [-0.39, 0.29) is 17.7 Å². The van der Waals surface area contributed by atoms with Gasteiger partial charge in [-0.25, -0.2) is 0 Å². The van der Waals surface area contributed by atoms with Gasteiger partial charge in [-0.15, -0.1) is 0 Å². The highest BCUT2D eigenvalue weighted by Gasteiger charge is 2.30. The fourth-order valence-corrected chi connectivity index (χ4v) is 2.94. The first-order chi connectivity index (χ1) is 9.54. The number of halogens is 1. The number of amides is 2. The van der Waals surface area contributed by atoms with Crippen LogP contribution in [0.1, 0.15) is 16.9 Å². The fourth-order valence-electron chi connectivity index (χ4n) is 2.57. The van der Waals surface area contributed by atoms with Crippen molar-refractivity contribution in [3.8, 4) is 0 Å². The molecule has 2 amide bonds. The molecule has 1 saturated heterocycles. The van der Waals surface area contributed by atoms with Gasteiger partial charge in [-0.3, -0.25) is 9.59 Å². The summed E-state index contributed by atoms with van der Waals surface area (Å²) in [4.78, 5) is 28.3. The van der Waals surface area contributed by atoms with Gasteiger partial charge in [0.2, 0.25) is 5.91 Å². The quantitative estimate of drug-likeness (QED) is 0.878. The number of nitrogens with two attached hydrogens (primary N) is 1. The second kappa shape index (κ2) is 4.94. The zero-order valence-corrected chi connectivity index (χ0v) is 12.3. The maximum atomic E-state index is 12.4. The van der Waals surface area contributed by atoms with Gasteiger partial charge in [-0.1, -0.05) is 15.9 Å². The second-order valence-corrected chi connectivity index (χ2v) is 5.97. The predicted octanol–water partition coefficient (Wildman–Crippen LogP) is 1.88. The molecule has 0 bridgehead atoms. The maximum Gasteiger partial charge on any atom is 0.270 e. The minimum Gasteiger partial charge on any atom is -0.369 e. The third kappa shape index (κ3) is 2.31. The Morgan fingerprint density at radius 3 is 2.85 bits per heavy atom. The molecule has 2 heterocycles. The number of primary amides is 1. The first-order valence-corrected chi connectivity index (χ1v) is 7.21. The number of carbonyl (C=O) groups excluding carboxylic acids is 2. The molecule has 1 aromatic carbocycles. The van der Waals surface area contributed by atoms with Gasteiger partial charge in [0.15, 0.2) is 0 Å². The molecule has 6 heteroatoms. The van der Waals surface area contributed by atoms with Crippen molar-refractivity contribution < 1.29 is 9.59 Å². The van der Waals surface area contributed by atoms with E-state index in [1.165, 1.54) is 0 Å². The number of aromatic nitrogens is 1. The Balaban J connectivity index is 1.84. The number of likely N-dealkylation sites (tertiary alicyclic amines) is 1. The van der Waals surface area contributed by atoms with Crippen molar-refractivity contribution in [2.45, 2.75) is 6.42 Å². The summed E-state index contributed by atoms with van der Waals surface area (Å²) < 4.78 is 0.970. The first kappa shape index (κ1) is 13.2. The Kier molecular flexibility index (Phi) is 3.25. The van der Waals surface area contributed by atoms with Gasteiger partial charge in [-0.05, 0) is 30.7 Å². The molecule has 1 aliphatic rings. The Labute approximate surface area is 124 Å². The van der Waals surface area contributed by atoms with Gasteiger partial charge < -0.3 is 15.6 Å². The van der Waals surface area contributed by atoms with Gasteiger partial charge in [0, 0.05) is 28.5 Å². The number of nitrogens with one attached hydrogen (secondary N) is 1. The van der Waals surface area contributed by atoms with E-state index in [0.29, 0.717) is 25.2 Å². The van der Waals surface area contributed by atoms with Crippen LogP contribution in [0.5, 0.6) is 0 Å². The van der Waals surface area contributed by atoms with Crippen LogP contribution in [0.4, 0.5) is 0 Å². The number of nitrogens with zero attached hydrogens (tertiary/aromatic N) is 1. The van der Waals surface area contributed by atoms with Crippen LogP contribution in [0, 0.1) is 5.92 Å². The molecule has 1 aliphatic heterocycles. The normalized spacial score (nSPS) is 18.6. The molecule has 5 nitrogen and oxygen atoms in total. The van der Waals surface area contributed by atoms with Crippen molar-refractivity contribution in [1.82, 2.24) is 9.88 Å². The van der Waals surface area contributed by atoms with Crippen LogP contribution in [0.25, 0.3) is 10.9 Å². The zero-order valence-electron chi connectivity index (χ0n) is 10.7. The van der Waals surface area contributed by atoms with E-state index in [9.17, 15) is 9.59 Å². The fraction of sp³-hybridized carbons (Fsp3) is 0.286. The zero-order chi connectivity index (χ0) is 14.3. The lowest BCUT2D eigenvalue weighted by molar-refractivity contribution is -0.121. The summed E-state index contributed by atoms with van der Waals surface area (Å²) in [5.74, 6) is -0.639. The summed E-state index contributed by atoms with van der Waals surface area (Å²) in [5.41, 5.74) is 6.75. The van der Waals surface area contributed by atoms with Gasteiger partial charge in [0.05, 0.1) is 5.92 Å². The number of H-pyrrole nitrogens is 1. The van der Waals surface area contributed by atoms with Crippen molar-refractivity contribution in [1.29, 1.82) is 0 Å². The Morgan fingerprint density at radius 2 is 2.15 bits per heavy atom. The SMILES string of the molecule is NC(=O)C1CCN(C(=O)c2cc3cc(Br)ccc3[nH]2)C1. The van der Waals surface area contributed by atoms with Crippen LogP contribution in [-0.2, 0) is 4.79 Å². The Morgan fingerprint density at radius 1 is 1.35 bits per heavy atom. The van der Waals surface area contributed by atoms with Crippen molar-refractivity contribution >= 4 is 38.6 Å². The molecule has 1 unspecified atom stereocenters. The molecule has 20 heavy (non-hydrogen) atoms. The number of fused-ring (bicyclic) bond motifs is 1. The lowest BCUT2D eigenvalue weighted by Crippen LogP contribution is -2.31. The summed E-state index contributed by atoms with van der Waals surface area (Å²) in [7, 11) is 0. The van der Waals surface area contributed by atoms with Crippen LogP contribution >= 0.6 is 15.9 Å². The van der Waals surface area contributed by atoms with E-state index in [1.807, 2.05) is 24.3 Å². The van der Waals surface area contributed by atoms with Crippen LogP contribution in [0.3, 0.4) is 0 Å². The van der Waals surface area contributed by atoms with Gasteiger partial charge >= 0.3 is 0 Å². The van der Waals surface area contributed by atoms with E-state index < -0.39 is 0 Å². The maximum absolute atomic E-state index is 12.4. The average molecular weight is 336 g/mol. The number of rotatable bonds is 2. The molecule has 1 aromatic heterocycles. The lowest BCUT2D eigenvalue weighted by Gasteiger charge is -2.14. The monoisotopic (exact) mass is 335 g/mol. The molecule has 1 fully saturated rings. The molecule has 104 valence electrons. The Hall–Kier alpha value is -1.82. The van der Waals surface area contributed by atoms with E-state index in [0.717, 1.165) is 15.4 Å². The summed E-state index contributed by atoms with van der Waals surface area (Å²) in [5, 5.41) is 0.980. The highest BCUT2D eigenvalue weighted by atomic mass is 79.9. The van der Waals surface area contributed by atoms with E-state index in [4.69, 9.17) is 5.73 Å². The Bertz CT molecular complexity index is 695. The predicted molar refractivity (Wildman–Crippen MR) is 79.2 cm³/mol. The van der Waals surface area contributed by atoms with Crippen LogP contribution in [0.2, 0.25) is 0 Å². The molecule has 0 aliphatic carbocycles. The molecule has 3 rings (SSSR count). The van der Waals surface area contributed by atoms with Crippen molar-refractivity contribution in [3.63, 3.8) is 0 Å². The molecule has 0 saturated carbocycles. The number of carbonyl (C=O) groups is 2. The van der Waals surface area contributed by atoms with Gasteiger partial charge in [-0.2, -0.15) is 0 Å². The number of aromatic amines is 1. The highest BCUT2D eigenvalue weighted by molar-refractivity contribution is 9.10. The van der Waals surface area contributed by atoms with E-state index >= 15 is 0 Å². The molecule has 3 N–H and O–H groups in total. The van der Waals surface area contributed by atoms with Crippen LogP contribution < -0.4 is 5.73 Å². The highest BCUT2D eigenvalue weighted by Crippen LogP contribution is 2.23. The largest absolute Gasteiger partial charge is 0.369 e. The van der Waals surface area contributed by atoms with Gasteiger partial charge in [0.1, 0.15) is 5.69 Å². The second-order valence-electron chi connectivity index (χ2n) is 5.05. The third-order valence-corrected chi connectivity index (χ3v) is 4.18. The third-order valence-electron chi connectivity index (χ3n) is 3.69. The lowest BCUT2D eigenvalue weighted by atomic mass is 10.1. The summed E-state index contributed by atoms with van der Waals surface area (Å²) >= 11 is 3.41. The molecular weight excluding hydrogens is 322 g/mol. The first-order valence-electron chi connectivity index (χ1n) is 6.41. The molecule has 0 spiro atoms. The average Bonchev–Trinajstić information content (AvgIpc) is 3.03. The van der Waals surface area contributed by atoms with Crippen LogP contribution in [0.15, 0.2) is 28.7 Å². The molecular formula is C14H14BrN3O2. The summed E-state index contributed by atoms with van der Waals surface area (Å²) in [6.45, 7) is 0.985. The smallest absolute Gasteiger partial charge is 0.270 e. The molecule has 1 atom stereocenters. The van der Waals surface area contributed by atoms with E-state index in [1.54, 1.807) is 4.90 Å². The number of hydrogen-bond donors (Lipinski definition) is 2. The van der Waals surface area contributed by atoms with Gasteiger partial charge in [0.25, 0.3) is 5.91 Å². The standard InChI is InChI=1S/C14H14BrN3O2/c15-10-1-2-11-9(5-10)6-12(17-11)14(20)18-4-3-8(7-18)13(16)19/h1-2,5-6,8,17H,3-4,7H2,(H2,16,19). The van der Waals surface area contributed by atoms with Crippen LogP contribution in [-0.4, -0.2) is 34.8 Å². The minimum atomic E-state index is -0.333. The topological polar surface area (TPSA) is 79.2 Å². The van der Waals surface area contributed by atoms with Crippen molar-refractivity contribution in [3.05, 3.63) is 34.4 Å². The molecule has 0 radical (unpaired) electrons. The summed E-state index contributed by atoms with van der Waals surface area (Å²) in [6, 6.07) is 7.64. The summed E-state index contributed by atoms with van der Waals surface area (Å²) in [6.07, 6.45) is 0.646. The van der Waals surface area contributed by atoms with Crippen molar-refractivity contribution in [2.75, 3.05) is 13.1 Å². The molecule has 2 aromatic rings. The number of benzene rings is 1. The minimum absolute atomic E-state index is 0.0823. The van der Waals surface area contributed by atoms with Crippen molar-refractivity contribution in [2.24, 2.45) is 11.7 Å². The number of hydrogen-bond acceptors (Lipinski definition) is 2.